The quantitative estimate of drug-likeness (QED) is 0.204. The number of benzene rings is 2. The molecular formula is C31H29N5O6. The molecule has 11 nitrogen and oxygen atoms in total. The van der Waals surface area contributed by atoms with Gasteiger partial charge in [0.1, 0.15) is 17.8 Å². The predicted octanol–water partition coefficient (Wildman–Crippen LogP) is 2.69. The maximum absolute atomic E-state index is 13.0. The van der Waals surface area contributed by atoms with Crippen molar-refractivity contribution in [1.82, 2.24) is 15.3 Å². The third-order valence-electron chi connectivity index (χ3n) is 7.55. The van der Waals surface area contributed by atoms with Crippen LogP contribution in [-0.2, 0) is 28.9 Å². The molecule has 1 aliphatic carbocycles. The van der Waals surface area contributed by atoms with Crippen molar-refractivity contribution in [3.8, 4) is 0 Å². The average molecular weight is 568 g/mol. The highest BCUT2D eigenvalue weighted by Gasteiger charge is 2.28. The van der Waals surface area contributed by atoms with E-state index in [1.54, 1.807) is 25.1 Å². The molecule has 214 valence electrons. The summed E-state index contributed by atoms with van der Waals surface area (Å²) in [5, 5.41) is 8.69. The molecule has 0 radical (unpaired) electrons. The molecule has 42 heavy (non-hydrogen) atoms. The minimum atomic E-state index is -0.515. The van der Waals surface area contributed by atoms with Gasteiger partial charge in [-0.25, -0.2) is 14.8 Å². The molecule has 1 heterocycles. The molecule has 0 bridgehead atoms. The van der Waals surface area contributed by atoms with E-state index in [0.29, 0.717) is 36.2 Å². The van der Waals surface area contributed by atoms with Crippen LogP contribution in [0.1, 0.15) is 66.7 Å². The Hall–Kier alpha value is -5.19. The normalized spacial score (nSPS) is 13.8. The van der Waals surface area contributed by atoms with Crippen molar-refractivity contribution >= 4 is 29.3 Å². The first-order valence-corrected chi connectivity index (χ1v) is 13.4. The number of methoxy groups -OCH3 is 1. The van der Waals surface area contributed by atoms with Gasteiger partial charge in [0, 0.05) is 18.2 Å². The van der Waals surface area contributed by atoms with E-state index < -0.39 is 22.7 Å². The van der Waals surface area contributed by atoms with Crippen molar-refractivity contribution in [1.29, 1.82) is 0 Å². The molecule has 5 rings (SSSR count). The molecule has 0 unspecified atom stereocenters. The van der Waals surface area contributed by atoms with E-state index in [9.17, 15) is 24.0 Å². The third-order valence-corrected chi connectivity index (χ3v) is 7.55. The zero-order valence-electron chi connectivity index (χ0n) is 23.4. The molecular weight excluding hydrogens is 538 g/mol. The number of nitrogens with one attached hydrogen (secondary N) is 3. The highest BCUT2D eigenvalue weighted by molar-refractivity contribution is 5.96. The molecule has 0 fully saturated rings. The fourth-order valence-corrected chi connectivity index (χ4v) is 5.27. The van der Waals surface area contributed by atoms with Gasteiger partial charge in [-0.1, -0.05) is 30.3 Å². The molecule has 4 aromatic rings. The summed E-state index contributed by atoms with van der Waals surface area (Å²) in [4.78, 5) is 69.0. The second-order valence-corrected chi connectivity index (χ2v) is 10.2. The van der Waals surface area contributed by atoms with Crippen LogP contribution >= 0.6 is 0 Å². The van der Waals surface area contributed by atoms with Gasteiger partial charge in [-0.3, -0.25) is 19.2 Å². The summed E-state index contributed by atoms with van der Waals surface area (Å²) in [6.07, 6.45) is 2.68. The summed E-state index contributed by atoms with van der Waals surface area (Å²) in [5.41, 5.74) is 4.80. The lowest BCUT2D eigenvalue weighted by molar-refractivity contribution is -0.115. The van der Waals surface area contributed by atoms with Crippen molar-refractivity contribution in [2.75, 3.05) is 17.7 Å². The van der Waals surface area contributed by atoms with Crippen LogP contribution in [-0.4, -0.2) is 34.9 Å². The summed E-state index contributed by atoms with van der Waals surface area (Å²) in [6, 6.07) is 12.0. The van der Waals surface area contributed by atoms with E-state index in [-0.39, 0.29) is 29.9 Å². The predicted molar refractivity (Wildman–Crippen MR) is 155 cm³/mol. The van der Waals surface area contributed by atoms with Gasteiger partial charge in [0.05, 0.1) is 30.8 Å². The lowest BCUT2D eigenvalue weighted by Gasteiger charge is -2.15. The monoisotopic (exact) mass is 567 g/mol. The number of rotatable bonds is 9. The smallest absolute Gasteiger partial charge is 0.338 e. The number of aromatic nitrogens is 2. The fraction of sp³-hybridized carbons (Fsp3) is 0.258. The summed E-state index contributed by atoms with van der Waals surface area (Å²) in [6.45, 7) is 3.82. The molecule has 1 aromatic heterocycles. The number of amides is 2. The molecule has 0 saturated heterocycles. The number of anilines is 2. The largest absolute Gasteiger partial charge is 0.465 e. The average Bonchev–Trinajstić information content (AvgIpc) is 3.40. The molecule has 2 amide bonds. The minimum absolute atomic E-state index is 0.0598. The second-order valence-electron chi connectivity index (χ2n) is 10.2. The Morgan fingerprint density at radius 3 is 2.52 bits per heavy atom. The standard InChI is InChI=1S/C31H29N5O6/c1-16-20-9-10-23(22(20)8-7-21(16)31(41)42-3)35-30(40)24-13-25(34-15-33-24)36-26(37)12-18-5-4-6-19(11-18)14-32-27-17(2)28(38)29(27)39/h4-8,11,13,15,23,32H,9-10,12,14H2,1-3H3,(H,35,40)(H,33,34,36,37)/t23-/m0/s1. The van der Waals surface area contributed by atoms with E-state index in [0.717, 1.165) is 27.8 Å². The van der Waals surface area contributed by atoms with Crippen molar-refractivity contribution in [3.05, 3.63) is 114 Å². The summed E-state index contributed by atoms with van der Waals surface area (Å²) >= 11 is 0. The first-order chi connectivity index (χ1) is 20.2. The Kier molecular flexibility index (Phi) is 7.92. The maximum atomic E-state index is 13.0. The molecule has 0 saturated carbocycles. The van der Waals surface area contributed by atoms with Crippen molar-refractivity contribution < 1.29 is 19.1 Å². The molecule has 3 aromatic carbocycles. The van der Waals surface area contributed by atoms with E-state index >= 15 is 0 Å². The van der Waals surface area contributed by atoms with Gasteiger partial charge in [-0.05, 0) is 60.6 Å². The van der Waals surface area contributed by atoms with Crippen molar-refractivity contribution in [3.63, 3.8) is 0 Å². The number of fused-ring (bicyclic) bond motifs is 1. The van der Waals surface area contributed by atoms with Gasteiger partial charge in [-0.2, -0.15) is 0 Å². The highest BCUT2D eigenvalue weighted by Crippen LogP contribution is 2.35. The van der Waals surface area contributed by atoms with Gasteiger partial charge in [0.2, 0.25) is 16.8 Å². The number of carbonyl (C=O) groups is 3. The molecule has 1 atom stereocenters. The molecule has 1 aliphatic rings. The fourth-order valence-electron chi connectivity index (χ4n) is 5.27. The molecule has 0 aliphatic heterocycles. The number of hydrogen-bond acceptors (Lipinski definition) is 9. The van der Waals surface area contributed by atoms with Crippen LogP contribution in [0.2, 0.25) is 0 Å². The first kappa shape index (κ1) is 28.3. The van der Waals surface area contributed by atoms with Crippen LogP contribution in [0.4, 0.5) is 11.5 Å². The maximum Gasteiger partial charge on any atom is 0.338 e. The van der Waals surface area contributed by atoms with Crippen LogP contribution in [0, 0.1) is 13.8 Å². The van der Waals surface area contributed by atoms with Crippen LogP contribution in [0.5, 0.6) is 0 Å². The Morgan fingerprint density at radius 2 is 1.76 bits per heavy atom. The number of ether oxygens (including phenoxy) is 1. The summed E-state index contributed by atoms with van der Waals surface area (Å²) in [5.74, 6) is -0.932. The molecule has 0 spiro atoms. The van der Waals surface area contributed by atoms with Gasteiger partial charge in [-0.15, -0.1) is 0 Å². The number of esters is 1. The topological polar surface area (TPSA) is 156 Å². The van der Waals surface area contributed by atoms with Crippen LogP contribution in [0.3, 0.4) is 0 Å². The van der Waals surface area contributed by atoms with Crippen LogP contribution in [0.25, 0.3) is 0 Å². The number of nitrogens with zero attached hydrogens (tertiary/aromatic N) is 2. The number of carbonyl (C=O) groups excluding carboxylic acids is 3. The Morgan fingerprint density at radius 1 is 0.976 bits per heavy atom. The van der Waals surface area contributed by atoms with E-state index in [1.807, 2.05) is 25.1 Å². The molecule has 3 N–H and O–H groups in total. The summed E-state index contributed by atoms with van der Waals surface area (Å²) in [7, 11) is 1.35. The first-order valence-electron chi connectivity index (χ1n) is 13.4. The van der Waals surface area contributed by atoms with E-state index in [4.69, 9.17) is 4.74 Å². The SMILES string of the molecule is COC(=O)c1ccc2c(c1C)CC[C@@H]2NC(=O)c1cc(NC(=O)Cc2cccc(CNc3c(C)c(=O)c3=O)c2)ncn1. The zero-order valence-corrected chi connectivity index (χ0v) is 23.4. The van der Waals surface area contributed by atoms with E-state index in [2.05, 4.69) is 25.9 Å². The van der Waals surface area contributed by atoms with Crippen molar-refractivity contribution in [2.24, 2.45) is 0 Å². The third kappa shape index (κ3) is 5.67. The van der Waals surface area contributed by atoms with Crippen LogP contribution in [0.15, 0.2) is 58.4 Å². The Labute approximate surface area is 241 Å². The molecule has 11 heteroatoms. The van der Waals surface area contributed by atoms with Crippen molar-refractivity contribution in [2.45, 2.75) is 45.7 Å². The lowest BCUT2D eigenvalue weighted by Crippen LogP contribution is -2.36. The van der Waals surface area contributed by atoms with Gasteiger partial charge in [0.25, 0.3) is 5.91 Å². The van der Waals surface area contributed by atoms with Gasteiger partial charge >= 0.3 is 5.97 Å². The Bertz CT molecular complexity index is 1790. The second kappa shape index (κ2) is 11.7. The lowest BCUT2D eigenvalue weighted by atomic mass is 9.98. The zero-order chi connectivity index (χ0) is 30.0. The van der Waals surface area contributed by atoms with Gasteiger partial charge < -0.3 is 20.7 Å². The van der Waals surface area contributed by atoms with Gasteiger partial charge in [0.15, 0.2) is 0 Å². The Balaban J connectivity index is 1.19. The van der Waals surface area contributed by atoms with E-state index in [1.165, 1.54) is 19.5 Å². The summed E-state index contributed by atoms with van der Waals surface area (Å²) < 4.78 is 4.86. The number of hydrogen-bond donors (Lipinski definition) is 3. The minimum Gasteiger partial charge on any atom is -0.465 e. The van der Waals surface area contributed by atoms with Crippen LogP contribution < -0.4 is 26.8 Å². The highest BCUT2D eigenvalue weighted by atomic mass is 16.5.